The number of benzene rings is 2. The van der Waals surface area contributed by atoms with E-state index in [-0.39, 0.29) is 22.4 Å². The van der Waals surface area contributed by atoms with E-state index in [1.165, 1.54) is 24.3 Å². The number of carbonyl (C=O) groups is 1. The summed E-state index contributed by atoms with van der Waals surface area (Å²) >= 11 is 5.77. The molecule has 0 bridgehead atoms. The average molecular weight is 456 g/mol. The van der Waals surface area contributed by atoms with Gasteiger partial charge in [0.05, 0.1) is 29.2 Å². The van der Waals surface area contributed by atoms with Gasteiger partial charge in [-0.1, -0.05) is 35.9 Å². The molecule has 2 aromatic rings. The van der Waals surface area contributed by atoms with Crippen molar-refractivity contribution in [2.75, 3.05) is 32.8 Å². The molecule has 3 N–H and O–H groups in total. The molecule has 10 heteroatoms. The van der Waals surface area contributed by atoms with E-state index in [0.717, 1.165) is 0 Å². The summed E-state index contributed by atoms with van der Waals surface area (Å²) in [5, 5.41) is 5.97. The van der Waals surface area contributed by atoms with E-state index in [9.17, 15) is 17.6 Å². The van der Waals surface area contributed by atoms with Crippen LogP contribution < -0.4 is 15.4 Å². The van der Waals surface area contributed by atoms with Gasteiger partial charge in [-0.2, -0.15) is 0 Å². The zero-order chi connectivity index (χ0) is 21.6. The van der Waals surface area contributed by atoms with Crippen LogP contribution in [-0.4, -0.2) is 47.1 Å². The molecule has 1 amide bonds. The zero-order valence-corrected chi connectivity index (χ0v) is 17.7. The molecule has 162 valence electrons. The van der Waals surface area contributed by atoms with Crippen LogP contribution in [-0.2, 0) is 19.6 Å². The van der Waals surface area contributed by atoms with Crippen LogP contribution in [0.5, 0.6) is 0 Å². The van der Waals surface area contributed by atoms with E-state index in [2.05, 4.69) is 15.4 Å². The molecule has 0 saturated carbocycles. The molecule has 0 radical (unpaired) electrons. The highest BCUT2D eigenvalue weighted by molar-refractivity contribution is 7.89. The lowest BCUT2D eigenvalue weighted by Gasteiger charge is -2.25. The highest BCUT2D eigenvalue weighted by atomic mass is 35.5. The van der Waals surface area contributed by atoms with Crippen LogP contribution in [0.2, 0.25) is 5.02 Å². The predicted molar refractivity (Wildman–Crippen MR) is 111 cm³/mol. The van der Waals surface area contributed by atoms with Gasteiger partial charge >= 0.3 is 0 Å². The highest BCUT2D eigenvalue weighted by Crippen LogP contribution is 2.29. The number of carbonyl (C=O) groups excluding carboxylic acids is 1. The molecule has 30 heavy (non-hydrogen) atoms. The standard InChI is InChI=1S/C20H23ClFN3O4S/c21-17-7-6-14(10-18(17)22)20-15(11-23-8-9-29-20)12-24-19(26)13-25-30(27,28)16-4-2-1-3-5-16/h1-7,10,15,20,23,25H,8-9,11-13H2,(H,24,26)/t15-,20-/m0/s1. The Morgan fingerprint density at radius 1 is 1.23 bits per heavy atom. The third-order valence-electron chi connectivity index (χ3n) is 4.72. The molecule has 0 aliphatic carbocycles. The van der Waals surface area contributed by atoms with Gasteiger partial charge in [0.25, 0.3) is 0 Å². The van der Waals surface area contributed by atoms with Crippen LogP contribution in [0.4, 0.5) is 4.39 Å². The van der Waals surface area contributed by atoms with E-state index in [1.807, 2.05) is 0 Å². The first-order valence-electron chi connectivity index (χ1n) is 9.45. The lowest BCUT2D eigenvalue weighted by atomic mass is 9.95. The molecule has 1 heterocycles. The van der Waals surface area contributed by atoms with Crippen molar-refractivity contribution in [3.63, 3.8) is 0 Å². The molecular formula is C20H23ClFN3O4S. The maximum Gasteiger partial charge on any atom is 0.241 e. The minimum absolute atomic E-state index is 0.0287. The van der Waals surface area contributed by atoms with Crippen molar-refractivity contribution in [2.45, 2.75) is 11.0 Å². The van der Waals surface area contributed by atoms with E-state index >= 15 is 0 Å². The van der Waals surface area contributed by atoms with Crippen LogP contribution in [0.1, 0.15) is 11.7 Å². The lowest BCUT2D eigenvalue weighted by molar-refractivity contribution is -0.120. The first-order valence-corrected chi connectivity index (χ1v) is 11.3. The average Bonchev–Trinajstić information content (AvgIpc) is 2.99. The second-order valence-electron chi connectivity index (χ2n) is 6.87. The minimum atomic E-state index is -3.77. The smallest absolute Gasteiger partial charge is 0.241 e. The fourth-order valence-electron chi connectivity index (χ4n) is 3.18. The first-order chi connectivity index (χ1) is 14.4. The number of amides is 1. The summed E-state index contributed by atoms with van der Waals surface area (Å²) in [5.41, 5.74) is 0.629. The van der Waals surface area contributed by atoms with E-state index in [0.29, 0.717) is 25.3 Å². The van der Waals surface area contributed by atoms with Crippen LogP contribution >= 0.6 is 11.6 Å². The summed E-state index contributed by atoms with van der Waals surface area (Å²) in [4.78, 5) is 12.3. The van der Waals surface area contributed by atoms with Crippen LogP contribution in [0.3, 0.4) is 0 Å². The van der Waals surface area contributed by atoms with Gasteiger partial charge < -0.3 is 15.4 Å². The van der Waals surface area contributed by atoms with Crippen molar-refractivity contribution in [1.82, 2.24) is 15.4 Å². The number of hydrogen-bond donors (Lipinski definition) is 3. The second-order valence-corrected chi connectivity index (χ2v) is 9.04. The minimum Gasteiger partial charge on any atom is -0.372 e. The van der Waals surface area contributed by atoms with Gasteiger partial charge in [0.2, 0.25) is 15.9 Å². The summed E-state index contributed by atoms with van der Waals surface area (Å²) in [5.74, 6) is -1.18. The summed E-state index contributed by atoms with van der Waals surface area (Å²) in [7, 11) is -3.77. The molecule has 2 aromatic carbocycles. The maximum absolute atomic E-state index is 13.9. The van der Waals surface area contributed by atoms with Gasteiger partial charge in [-0.05, 0) is 29.8 Å². The Labute approximate surface area is 180 Å². The van der Waals surface area contributed by atoms with Gasteiger partial charge in [0.15, 0.2) is 0 Å². The second kappa shape index (κ2) is 10.3. The highest BCUT2D eigenvalue weighted by Gasteiger charge is 2.27. The Bertz CT molecular complexity index is 975. The van der Waals surface area contributed by atoms with Crippen molar-refractivity contribution in [1.29, 1.82) is 0 Å². The Balaban J connectivity index is 1.59. The molecule has 3 rings (SSSR count). The fourth-order valence-corrected chi connectivity index (χ4v) is 4.30. The Morgan fingerprint density at radius 2 is 2.00 bits per heavy atom. The van der Waals surface area contributed by atoms with Gasteiger partial charge in [0.1, 0.15) is 5.82 Å². The molecule has 1 aliphatic heterocycles. The van der Waals surface area contributed by atoms with Crippen LogP contribution in [0, 0.1) is 11.7 Å². The molecule has 0 spiro atoms. The van der Waals surface area contributed by atoms with Crippen molar-refractivity contribution in [3.05, 3.63) is 64.9 Å². The molecular weight excluding hydrogens is 433 g/mol. The number of ether oxygens (including phenoxy) is 1. The Kier molecular flexibility index (Phi) is 7.79. The molecule has 2 atom stereocenters. The van der Waals surface area contributed by atoms with Gasteiger partial charge in [0, 0.05) is 25.6 Å². The van der Waals surface area contributed by atoms with Crippen molar-refractivity contribution < 1.29 is 22.3 Å². The third kappa shape index (κ3) is 5.99. The molecule has 1 fully saturated rings. The number of rotatable bonds is 7. The maximum atomic E-state index is 13.9. The summed E-state index contributed by atoms with van der Waals surface area (Å²) in [6, 6.07) is 12.3. The summed E-state index contributed by atoms with van der Waals surface area (Å²) in [6.07, 6.45) is -0.437. The van der Waals surface area contributed by atoms with Gasteiger partial charge in [-0.3, -0.25) is 4.79 Å². The van der Waals surface area contributed by atoms with Crippen molar-refractivity contribution >= 4 is 27.5 Å². The van der Waals surface area contributed by atoms with Gasteiger partial charge in [-0.25, -0.2) is 17.5 Å². The predicted octanol–water partition coefficient (Wildman–Crippen LogP) is 1.85. The topological polar surface area (TPSA) is 96.5 Å². The number of nitrogens with one attached hydrogen (secondary N) is 3. The number of halogens is 2. The largest absolute Gasteiger partial charge is 0.372 e. The van der Waals surface area contributed by atoms with Gasteiger partial charge in [-0.15, -0.1) is 0 Å². The Hall–Kier alpha value is -2.04. The van der Waals surface area contributed by atoms with E-state index < -0.39 is 34.4 Å². The normalized spacial score (nSPS) is 19.8. The quantitative estimate of drug-likeness (QED) is 0.592. The van der Waals surface area contributed by atoms with E-state index in [1.54, 1.807) is 24.3 Å². The summed E-state index contributed by atoms with van der Waals surface area (Å²) < 4.78 is 46.5. The van der Waals surface area contributed by atoms with E-state index in [4.69, 9.17) is 16.3 Å². The van der Waals surface area contributed by atoms with Crippen LogP contribution in [0.25, 0.3) is 0 Å². The third-order valence-corrected chi connectivity index (χ3v) is 6.44. The molecule has 0 unspecified atom stereocenters. The molecule has 1 saturated heterocycles. The molecule has 0 aromatic heterocycles. The first kappa shape index (κ1) is 22.6. The number of hydrogen-bond acceptors (Lipinski definition) is 5. The zero-order valence-electron chi connectivity index (χ0n) is 16.1. The summed E-state index contributed by atoms with van der Waals surface area (Å²) in [6.45, 7) is 1.46. The van der Waals surface area contributed by atoms with Crippen molar-refractivity contribution in [3.8, 4) is 0 Å². The van der Waals surface area contributed by atoms with Crippen LogP contribution in [0.15, 0.2) is 53.4 Å². The molecule has 1 aliphatic rings. The SMILES string of the molecule is O=C(CNS(=O)(=O)c1ccccc1)NC[C@@H]1CNCCO[C@H]1c1ccc(Cl)c(F)c1. The lowest BCUT2D eigenvalue weighted by Crippen LogP contribution is -2.41. The Morgan fingerprint density at radius 3 is 2.73 bits per heavy atom. The fraction of sp³-hybridized carbons (Fsp3) is 0.350. The number of sulfonamides is 1. The van der Waals surface area contributed by atoms with Crippen molar-refractivity contribution in [2.24, 2.45) is 5.92 Å². The monoisotopic (exact) mass is 455 g/mol. The molecule has 7 nitrogen and oxygen atoms in total.